The predicted molar refractivity (Wildman–Crippen MR) is 141 cm³/mol. The zero-order chi connectivity index (χ0) is 23.3. The van der Waals surface area contributed by atoms with Crippen LogP contribution in [0.5, 0.6) is 0 Å². The third-order valence-electron chi connectivity index (χ3n) is 6.93. The molecule has 0 spiro atoms. The molecule has 5 heteroatoms. The zero-order valence-corrected chi connectivity index (χ0v) is 19.8. The summed E-state index contributed by atoms with van der Waals surface area (Å²) in [5.74, 6) is 0. The number of aromatic amines is 1. The molecule has 5 aromatic rings. The number of rotatable bonds is 4. The molecule has 3 N–H and O–H groups in total. The molecule has 4 nitrogen and oxygen atoms in total. The lowest BCUT2D eigenvalue weighted by atomic mass is 9.72. The van der Waals surface area contributed by atoms with Crippen molar-refractivity contribution in [3.05, 3.63) is 99.8 Å². The van der Waals surface area contributed by atoms with Crippen molar-refractivity contribution in [2.75, 3.05) is 0 Å². The summed E-state index contributed by atoms with van der Waals surface area (Å²) in [5, 5.41) is 2.71. The van der Waals surface area contributed by atoms with E-state index in [2.05, 4.69) is 59.8 Å². The summed E-state index contributed by atoms with van der Waals surface area (Å²) >= 11 is 1.66. The molecule has 2 aromatic carbocycles. The number of hydrogen-bond donors (Lipinski definition) is 2. The van der Waals surface area contributed by atoms with Crippen LogP contribution in [0.1, 0.15) is 30.4 Å². The highest BCUT2D eigenvalue weighted by Gasteiger charge is 2.34. The first-order valence-electron chi connectivity index (χ1n) is 11.6. The van der Waals surface area contributed by atoms with Crippen molar-refractivity contribution >= 4 is 22.2 Å². The van der Waals surface area contributed by atoms with Gasteiger partial charge >= 0.3 is 0 Å². The first kappa shape index (κ1) is 21.0. The van der Waals surface area contributed by atoms with Gasteiger partial charge in [-0.3, -0.25) is 4.79 Å². The van der Waals surface area contributed by atoms with Gasteiger partial charge in [0.15, 0.2) is 0 Å². The Kier molecular flexibility index (Phi) is 4.97. The minimum Gasteiger partial charge on any atom is -0.328 e. The highest BCUT2D eigenvalue weighted by molar-refractivity contribution is 7.13. The summed E-state index contributed by atoms with van der Waals surface area (Å²) in [4.78, 5) is 22.1. The van der Waals surface area contributed by atoms with E-state index < -0.39 is 0 Å². The molecule has 3 heterocycles. The maximum atomic E-state index is 12.9. The second-order valence-corrected chi connectivity index (χ2v) is 10.2. The Labute approximate surface area is 202 Å². The molecule has 0 unspecified atom stereocenters. The van der Waals surface area contributed by atoms with Crippen LogP contribution in [0.2, 0.25) is 0 Å². The fourth-order valence-corrected chi connectivity index (χ4v) is 5.72. The number of fused-ring (bicyclic) bond motifs is 1. The third-order valence-corrected chi connectivity index (χ3v) is 8.01. The fraction of sp³-hybridized carbons (Fsp3) is 0.172. The van der Waals surface area contributed by atoms with E-state index in [0.717, 1.165) is 51.2 Å². The Hall–Kier alpha value is -3.54. The quantitative estimate of drug-likeness (QED) is 0.314. The maximum absolute atomic E-state index is 12.9. The molecule has 6 rings (SSSR count). The van der Waals surface area contributed by atoms with Crippen molar-refractivity contribution in [3.63, 3.8) is 0 Å². The number of benzene rings is 2. The number of aromatic nitrogens is 2. The summed E-state index contributed by atoms with van der Waals surface area (Å²) in [7, 11) is 0. The van der Waals surface area contributed by atoms with Gasteiger partial charge in [-0.15, -0.1) is 11.3 Å². The molecule has 1 aliphatic carbocycles. The lowest BCUT2D eigenvalue weighted by Gasteiger charge is -2.38. The molecule has 0 bridgehead atoms. The number of nitrogens with two attached hydrogens (primary N) is 1. The van der Waals surface area contributed by atoms with Gasteiger partial charge in [-0.1, -0.05) is 54.6 Å². The number of nitrogens with one attached hydrogen (secondary N) is 1. The van der Waals surface area contributed by atoms with Crippen LogP contribution in [-0.2, 0) is 5.54 Å². The Bertz CT molecular complexity index is 1560. The van der Waals surface area contributed by atoms with Gasteiger partial charge in [-0.05, 0) is 60.4 Å². The van der Waals surface area contributed by atoms with Crippen LogP contribution in [0, 0.1) is 6.92 Å². The lowest BCUT2D eigenvalue weighted by molar-refractivity contribution is 0.253. The molecule has 3 aromatic heterocycles. The van der Waals surface area contributed by atoms with E-state index in [0.29, 0.717) is 5.39 Å². The van der Waals surface area contributed by atoms with E-state index in [1.807, 2.05) is 24.3 Å². The Morgan fingerprint density at radius 3 is 2.38 bits per heavy atom. The SMILES string of the molecule is Cc1csc(-c2c[nH]c(=O)c3cc(-c4ccccc4)c(-c4ccc(C5(N)CCC5)cc4)nc23)c1. The molecular formula is C29H25N3OS. The van der Waals surface area contributed by atoms with Crippen LogP contribution in [-0.4, -0.2) is 9.97 Å². The van der Waals surface area contributed by atoms with E-state index >= 15 is 0 Å². The summed E-state index contributed by atoms with van der Waals surface area (Å²) in [6.07, 6.45) is 5.03. The Balaban J connectivity index is 1.60. The number of aryl methyl sites for hydroxylation is 1. The summed E-state index contributed by atoms with van der Waals surface area (Å²) in [6.45, 7) is 2.08. The van der Waals surface area contributed by atoms with Gasteiger partial charge in [0.1, 0.15) is 0 Å². The molecule has 0 saturated heterocycles. The molecule has 34 heavy (non-hydrogen) atoms. The topological polar surface area (TPSA) is 71.8 Å². The van der Waals surface area contributed by atoms with E-state index in [9.17, 15) is 4.79 Å². The molecule has 0 amide bonds. The summed E-state index contributed by atoms with van der Waals surface area (Å²) in [5.41, 5.74) is 14.1. The molecule has 1 aliphatic rings. The van der Waals surface area contributed by atoms with Crippen LogP contribution >= 0.6 is 11.3 Å². The van der Waals surface area contributed by atoms with E-state index in [1.165, 1.54) is 17.5 Å². The van der Waals surface area contributed by atoms with Gasteiger partial charge in [0.05, 0.1) is 16.6 Å². The van der Waals surface area contributed by atoms with E-state index in [1.54, 1.807) is 17.5 Å². The number of nitrogens with zero attached hydrogens (tertiary/aromatic N) is 1. The monoisotopic (exact) mass is 463 g/mol. The average molecular weight is 464 g/mol. The third kappa shape index (κ3) is 3.49. The fourth-order valence-electron chi connectivity index (χ4n) is 4.80. The standard InChI is InChI=1S/C29H25N3OS/c1-18-14-25(34-17-18)24-16-31-28(33)23-15-22(19-6-3-2-4-7-19)26(32-27(23)24)20-8-10-21(11-9-20)29(30)12-5-13-29/h2-4,6-11,14-17H,5,12-13,30H2,1H3,(H,31,33). The van der Waals surface area contributed by atoms with Gasteiger partial charge in [0.2, 0.25) is 0 Å². The number of thiophene rings is 1. The van der Waals surface area contributed by atoms with Crippen molar-refractivity contribution < 1.29 is 0 Å². The highest BCUT2D eigenvalue weighted by atomic mass is 32.1. The zero-order valence-electron chi connectivity index (χ0n) is 19.0. The van der Waals surface area contributed by atoms with Crippen LogP contribution in [0.15, 0.2) is 83.1 Å². The molecule has 1 saturated carbocycles. The van der Waals surface area contributed by atoms with Gasteiger partial charge in [0, 0.05) is 33.3 Å². The number of hydrogen-bond acceptors (Lipinski definition) is 4. The van der Waals surface area contributed by atoms with E-state index in [-0.39, 0.29) is 11.1 Å². The second-order valence-electron chi connectivity index (χ2n) is 9.25. The predicted octanol–water partition coefficient (Wildman–Crippen LogP) is 6.63. The molecule has 168 valence electrons. The van der Waals surface area contributed by atoms with Crippen molar-refractivity contribution in [1.29, 1.82) is 0 Å². The molecule has 0 aliphatic heterocycles. The maximum Gasteiger partial charge on any atom is 0.257 e. The summed E-state index contributed by atoms with van der Waals surface area (Å²) in [6, 6.07) is 22.8. The minimum absolute atomic E-state index is 0.131. The van der Waals surface area contributed by atoms with Gasteiger partial charge < -0.3 is 10.7 Å². The largest absolute Gasteiger partial charge is 0.328 e. The first-order valence-corrected chi connectivity index (χ1v) is 12.5. The average Bonchev–Trinajstić information content (AvgIpc) is 3.29. The number of pyridine rings is 2. The van der Waals surface area contributed by atoms with Crippen LogP contribution in [0.4, 0.5) is 0 Å². The van der Waals surface area contributed by atoms with Crippen molar-refractivity contribution in [3.8, 4) is 32.8 Å². The van der Waals surface area contributed by atoms with Crippen molar-refractivity contribution in [2.45, 2.75) is 31.7 Å². The molecule has 0 radical (unpaired) electrons. The van der Waals surface area contributed by atoms with Gasteiger partial charge in [-0.2, -0.15) is 0 Å². The van der Waals surface area contributed by atoms with Crippen molar-refractivity contribution in [2.24, 2.45) is 5.73 Å². The molecule has 0 atom stereocenters. The smallest absolute Gasteiger partial charge is 0.257 e. The molecular weight excluding hydrogens is 438 g/mol. The van der Waals surface area contributed by atoms with Gasteiger partial charge in [-0.25, -0.2) is 4.98 Å². The minimum atomic E-state index is -0.199. The van der Waals surface area contributed by atoms with Crippen molar-refractivity contribution in [1.82, 2.24) is 9.97 Å². The van der Waals surface area contributed by atoms with Crippen LogP contribution < -0.4 is 11.3 Å². The Morgan fingerprint density at radius 2 is 1.74 bits per heavy atom. The summed E-state index contributed by atoms with van der Waals surface area (Å²) < 4.78 is 0. The Morgan fingerprint density at radius 1 is 0.971 bits per heavy atom. The van der Waals surface area contributed by atoms with Crippen LogP contribution in [0.25, 0.3) is 43.7 Å². The normalized spacial score (nSPS) is 14.8. The second kappa shape index (κ2) is 8.05. The first-order chi connectivity index (χ1) is 16.5. The van der Waals surface area contributed by atoms with Gasteiger partial charge in [0.25, 0.3) is 5.56 Å². The lowest BCUT2D eigenvalue weighted by Crippen LogP contribution is -2.43. The van der Waals surface area contributed by atoms with E-state index in [4.69, 9.17) is 10.7 Å². The highest BCUT2D eigenvalue weighted by Crippen LogP contribution is 2.40. The molecule has 1 fully saturated rings. The number of H-pyrrole nitrogens is 1. The van der Waals surface area contributed by atoms with Crippen LogP contribution in [0.3, 0.4) is 0 Å².